The molecule has 0 unspecified atom stereocenters. The highest BCUT2D eigenvalue weighted by molar-refractivity contribution is 9.09. The lowest BCUT2D eigenvalue weighted by atomic mass is 10.2. The second-order valence-corrected chi connectivity index (χ2v) is 2.66. The van der Waals surface area contributed by atoms with E-state index in [9.17, 15) is 4.39 Å². The van der Waals surface area contributed by atoms with Crippen LogP contribution in [-0.4, -0.2) is 10.3 Å². The van der Waals surface area contributed by atoms with Gasteiger partial charge < -0.3 is 0 Å². The van der Waals surface area contributed by atoms with Crippen molar-refractivity contribution in [1.82, 2.24) is 4.98 Å². The fourth-order valence-corrected chi connectivity index (χ4v) is 0.954. The average Bonchev–Trinajstić information content (AvgIpc) is 2.03. The molecule has 1 aromatic rings. The Balaban J connectivity index is 2.96. The van der Waals surface area contributed by atoms with Crippen LogP contribution in [0.5, 0.6) is 0 Å². The summed E-state index contributed by atoms with van der Waals surface area (Å²) in [6, 6.07) is 2.68. The molecule has 0 N–H and O–H groups in total. The quantitative estimate of drug-likeness (QED) is 0.692. The molecule has 1 rings (SSSR count). The number of nitrogens with zero attached hydrogens (tertiary/aromatic N) is 1. The number of hydrogen-bond donors (Lipinski definition) is 0. The van der Waals surface area contributed by atoms with E-state index in [1.54, 1.807) is 0 Å². The van der Waals surface area contributed by atoms with E-state index in [-0.39, 0.29) is 5.82 Å². The van der Waals surface area contributed by atoms with Crippen LogP contribution in [0.25, 0.3) is 5.57 Å². The maximum atomic E-state index is 12.6. The minimum Gasteiger partial charge on any atom is -0.256 e. The molecule has 0 radical (unpaired) electrons. The Hall–Kier alpha value is -0.700. The number of allylic oxidation sites excluding steroid dienone is 1. The molecule has 0 saturated carbocycles. The molecule has 0 aromatic carbocycles. The highest BCUT2D eigenvalue weighted by Gasteiger charge is 1.98. The van der Waals surface area contributed by atoms with Gasteiger partial charge in [0.1, 0.15) is 5.82 Å². The lowest BCUT2D eigenvalue weighted by Crippen LogP contribution is -1.89. The van der Waals surface area contributed by atoms with Crippen LogP contribution in [0, 0.1) is 5.82 Å². The summed E-state index contributed by atoms with van der Waals surface area (Å²) in [6.45, 7) is 3.71. The Morgan fingerprint density at radius 3 is 3.00 bits per heavy atom. The zero-order valence-corrected chi connectivity index (χ0v) is 7.44. The maximum Gasteiger partial charge on any atom is 0.126 e. The number of halogens is 2. The van der Waals surface area contributed by atoms with Gasteiger partial charge >= 0.3 is 0 Å². The first kappa shape index (κ1) is 8.40. The van der Waals surface area contributed by atoms with Gasteiger partial charge in [0.2, 0.25) is 0 Å². The van der Waals surface area contributed by atoms with Crippen LogP contribution in [-0.2, 0) is 0 Å². The van der Waals surface area contributed by atoms with E-state index in [4.69, 9.17) is 0 Å². The Labute approximate surface area is 73.1 Å². The zero-order chi connectivity index (χ0) is 8.27. The molecule has 1 aromatic heterocycles. The summed E-state index contributed by atoms with van der Waals surface area (Å²) in [5.74, 6) is -0.280. The van der Waals surface area contributed by atoms with Crippen molar-refractivity contribution in [2.24, 2.45) is 0 Å². The minimum absolute atomic E-state index is 0.280. The fourth-order valence-electron chi connectivity index (χ4n) is 0.667. The molecule has 0 fully saturated rings. The van der Waals surface area contributed by atoms with Gasteiger partial charge in [0, 0.05) is 11.5 Å². The number of aromatic nitrogens is 1. The van der Waals surface area contributed by atoms with Crippen LogP contribution < -0.4 is 0 Å². The number of pyridine rings is 1. The van der Waals surface area contributed by atoms with Crippen molar-refractivity contribution in [2.45, 2.75) is 0 Å². The van der Waals surface area contributed by atoms with Crippen LogP contribution in [0.15, 0.2) is 24.9 Å². The summed E-state index contributed by atoms with van der Waals surface area (Å²) in [5, 5.41) is 0.615. The first-order chi connectivity index (χ1) is 5.24. The third-order valence-electron chi connectivity index (χ3n) is 1.25. The van der Waals surface area contributed by atoms with E-state index in [1.807, 2.05) is 0 Å². The molecule has 0 spiro atoms. The fraction of sp³-hybridized carbons (Fsp3) is 0.125. The molecule has 58 valence electrons. The van der Waals surface area contributed by atoms with E-state index >= 15 is 0 Å². The second kappa shape index (κ2) is 3.62. The summed E-state index contributed by atoms with van der Waals surface area (Å²) in [7, 11) is 0. The summed E-state index contributed by atoms with van der Waals surface area (Å²) in [5.41, 5.74) is 1.38. The molecule has 0 atom stereocenters. The minimum atomic E-state index is -0.280. The number of rotatable bonds is 2. The third-order valence-corrected chi connectivity index (χ3v) is 1.92. The highest BCUT2D eigenvalue weighted by atomic mass is 79.9. The summed E-state index contributed by atoms with van der Waals surface area (Å²) >= 11 is 3.21. The molecule has 0 saturated heterocycles. The molecule has 3 heteroatoms. The summed E-state index contributed by atoms with van der Waals surface area (Å²) < 4.78 is 12.6. The Kier molecular flexibility index (Phi) is 2.76. The standard InChI is InChI=1S/C8H7BrFN/c1-6(5-9)8-4-7(10)2-3-11-8/h2-4H,1,5H2. The van der Waals surface area contributed by atoms with Crippen molar-refractivity contribution >= 4 is 21.5 Å². The van der Waals surface area contributed by atoms with Crippen molar-refractivity contribution in [3.63, 3.8) is 0 Å². The van der Waals surface area contributed by atoms with Crippen molar-refractivity contribution in [1.29, 1.82) is 0 Å². The van der Waals surface area contributed by atoms with Gasteiger partial charge in [-0.2, -0.15) is 0 Å². The van der Waals surface area contributed by atoms with Crippen LogP contribution in [0.2, 0.25) is 0 Å². The van der Waals surface area contributed by atoms with Gasteiger partial charge in [-0.3, -0.25) is 4.98 Å². The summed E-state index contributed by atoms with van der Waals surface area (Å²) in [4.78, 5) is 3.94. The van der Waals surface area contributed by atoms with Gasteiger partial charge in [0.05, 0.1) is 5.69 Å². The van der Waals surface area contributed by atoms with Crippen molar-refractivity contribution in [2.75, 3.05) is 5.33 Å². The number of hydrogen-bond acceptors (Lipinski definition) is 1. The monoisotopic (exact) mass is 215 g/mol. The molecule has 0 bridgehead atoms. The zero-order valence-electron chi connectivity index (χ0n) is 5.85. The van der Waals surface area contributed by atoms with E-state index in [1.165, 1.54) is 18.3 Å². The lowest BCUT2D eigenvalue weighted by Gasteiger charge is -1.98. The SMILES string of the molecule is C=C(CBr)c1cc(F)ccn1. The van der Waals surface area contributed by atoms with E-state index in [0.717, 1.165) is 5.57 Å². The summed E-state index contributed by atoms with van der Waals surface area (Å²) in [6.07, 6.45) is 1.43. The first-order valence-corrected chi connectivity index (χ1v) is 4.22. The Morgan fingerprint density at radius 1 is 1.73 bits per heavy atom. The molecular formula is C8H7BrFN. The predicted molar refractivity (Wildman–Crippen MR) is 47.0 cm³/mol. The molecule has 0 amide bonds. The lowest BCUT2D eigenvalue weighted by molar-refractivity contribution is 0.625. The smallest absolute Gasteiger partial charge is 0.126 e. The van der Waals surface area contributed by atoms with Gasteiger partial charge in [0.25, 0.3) is 0 Å². The van der Waals surface area contributed by atoms with Gasteiger partial charge in [0.15, 0.2) is 0 Å². The Bertz CT molecular complexity index is 273. The molecule has 1 nitrogen and oxygen atoms in total. The Morgan fingerprint density at radius 2 is 2.45 bits per heavy atom. The normalized spacial score (nSPS) is 9.64. The largest absolute Gasteiger partial charge is 0.256 e. The predicted octanol–water partition coefficient (Wildman–Crippen LogP) is 2.63. The third kappa shape index (κ3) is 2.12. The van der Waals surface area contributed by atoms with Crippen molar-refractivity contribution < 1.29 is 4.39 Å². The van der Waals surface area contributed by atoms with Crippen LogP contribution in [0.1, 0.15) is 5.69 Å². The van der Waals surface area contributed by atoms with Crippen LogP contribution in [0.3, 0.4) is 0 Å². The molecule has 0 aliphatic carbocycles. The van der Waals surface area contributed by atoms with Gasteiger partial charge in [-0.1, -0.05) is 22.5 Å². The topological polar surface area (TPSA) is 12.9 Å². The average molecular weight is 216 g/mol. The molecule has 0 aliphatic heterocycles. The van der Waals surface area contributed by atoms with Crippen LogP contribution >= 0.6 is 15.9 Å². The van der Waals surface area contributed by atoms with Gasteiger partial charge in [-0.15, -0.1) is 0 Å². The molecule has 0 aliphatic rings. The van der Waals surface area contributed by atoms with Crippen molar-refractivity contribution in [3.05, 3.63) is 36.4 Å². The molecule has 1 heterocycles. The molecule has 11 heavy (non-hydrogen) atoms. The van der Waals surface area contributed by atoms with Crippen LogP contribution in [0.4, 0.5) is 4.39 Å². The second-order valence-electron chi connectivity index (χ2n) is 2.10. The van der Waals surface area contributed by atoms with E-state index < -0.39 is 0 Å². The first-order valence-electron chi connectivity index (χ1n) is 3.09. The van der Waals surface area contributed by atoms with E-state index in [0.29, 0.717) is 11.0 Å². The highest BCUT2D eigenvalue weighted by Crippen LogP contribution is 2.12. The van der Waals surface area contributed by atoms with Crippen molar-refractivity contribution in [3.8, 4) is 0 Å². The van der Waals surface area contributed by atoms with E-state index in [2.05, 4.69) is 27.5 Å². The molecular weight excluding hydrogens is 209 g/mol. The maximum absolute atomic E-state index is 12.6. The van der Waals surface area contributed by atoms with Gasteiger partial charge in [-0.05, 0) is 17.7 Å². The number of alkyl halides is 1. The van der Waals surface area contributed by atoms with Gasteiger partial charge in [-0.25, -0.2) is 4.39 Å².